The van der Waals surface area contributed by atoms with Crippen molar-refractivity contribution in [3.05, 3.63) is 82.9 Å². The van der Waals surface area contributed by atoms with Gasteiger partial charge in [0.25, 0.3) is 0 Å². The molecule has 1 unspecified atom stereocenters. The molecule has 2 aliphatic carbocycles. The first-order valence-corrected chi connectivity index (χ1v) is 6.49. The molecular weight excluding hydrogens is 216 g/mol. The molecule has 2 aliphatic rings. The molecule has 0 spiro atoms. The molecule has 0 nitrogen and oxygen atoms in total. The van der Waals surface area contributed by atoms with Gasteiger partial charge in [-0.2, -0.15) is 0 Å². The fourth-order valence-corrected chi connectivity index (χ4v) is 3.08. The van der Waals surface area contributed by atoms with Gasteiger partial charge in [-0.15, -0.1) is 0 Å². The van der Waals surface area contributed by atoms with Crippen molar-refractivity contribution in [3.63, 3.8) is 0 Å². The van der Waals surface area contributed by atoms with Crippen LogP contribution >= 0.6 is 0 Å². The van der Waals surface area contributed by atoms with E-state index in [0.29, 0.717) is 5.92 Å². The van der Waals surface area contributed by atoms with Crippen LogP contribution in [0.3, 0.4) is 0 Å². The smallest absolute Gasteiger partial charge is 0.00679 e. The number of hydrogen-bond donors (Lipinski definition) is 0. The second kappa shape index (κ2) is 3.71. The standard InChI is InChI=1S/C18H14/c1-2-6-13(7-3-1)15-11-16-10-14-8-4-5-9-17(14)18(16)12-15/h1-10,12,15H,11H2. The van der Waals surface area contributed by atoms with Gasteiger partial charge in [0.2, 0.25) is 0 Å². The molecule has 0 bridgehead atoms. The van der Waals surface area contributed by atoms with Crippen molar-refractivity contribution >= 4 is 11.6 Å². The molecule has 0 radical (unpaired) electrons. The Labute approximate surface area is 107 Å². The fraction of sp³-hybridized carbons (Fsp3) is 0.111. The third-order valence-corrected chi connectivity index (χ3v) is 3.96. The van der Waals surface area contributed by atoms with Crippen molar-refractivity contribution in [1.82, 2.24) is 0 Å². The van der Waals surface area contributed by atoms with E-state index in [9.17, 15) is 0 Å². The zero-order valence-corrected chi connectivity index (χ0v) is 10.1. The van der Waals surface area contributed by atoms with Crippen molar-refractivity contribution in [2.75, 3.05) is 0 Å². The Kier molecular flexibility index (Phi) is 2.04. The molecule has 4 rings (SSSR count). The maximum absolute atomic E-state index is 2.44. The molecule has 0 saturated heterocycles. The van der Waals surface area contributed by atoms with Gasteiger partial charge in [0, 0.05) is 5.92 Å². The van der Waals surface area contributed by atoms with E-state index in [1.165, 1.54) is 27.8 Å². The summed E-state index contributed by atoms with van der Waals surface area (Å²) >= 11 is 0. The Morgan fingerprint density at radius 1 is 0.833 bits per heavy atom. The average molecular weight is 230 g/mol. The van der Waals surface area contributed by atoms with Gasteiger partial charge >= 0.3 is 0 Å². The molecule has 0 amide bonds. The minimum Gasteiger partial charge on any atom is -0.0685 e. The maximum atomic E-state index is 2.44. The van der Waals surface area contributed by atoms with Gasteiger partial charge in [-0.3, -0.25) is 0 Å². The number of benzene rings is 2. The zero-order chi connectivity index (χ0) is 11.9. The molecule has 1 atom stereocenters. The van der Waals surface area contributed by atoms with Crippen molar-refractivity contribution < 1.29 is 0 Å². The van der Waals surface area contributed by atoms with Crippen LogP contribution in [0.5, 0.6) is 0 Å². The summed E-state index contributed by atoms with van der Waals surface area (Å²) in [5.74, 6) is 0.556. The van der Waals surface area contributed by atoms with Crippen LogP contribution in [0, 0.1) is 0 Å². The molecule has 86 valence electrons. The highest BCUT2D eigenvalue weighted by molar-refractivity contribution is 5.96. The number of fused-ring (bicyclic) bond motifs is 3. The fourth-order valence-electron chi connectivity index (χ4n) is 3.08. The summed E-state index contributed by atoms with van der Waals surface area (Å²) in [6.45, 7) is 0. The second-order valence-corrected chi connectivity index (χ2v) is 5.06. The largest absolute Gasteiger partial charge is 0.0685 e. The van der Waals surface area contributed by atoms with Crippen LogP contribution in [0.4, 0.5) is 0 Å². The summed E-state index contributed by atoms with van der Waals surface area (Å²) in [5.41, 5.74) is 7.18. The Bertz CT molecular complexity index is 659. The summed E-state index contributed by atoms with van der Waals surface area (Å²) < 4.78 is 0. The van der Waals surface area contributed by atoms with Crippen LogP contribution in [-0.2, 0) is 0 Å². The van der Waals surface area contributed by atoms with Gasteiger partial charge in [-0.1, -0.05) is 66.7 Å². The molecule has 0 aliphatic heterocycles. The van der Waals surface area contributed by atoms with Crippen LogP contribution in [0.2, 0.25) is 0 Å². The summed E-state index contributed by atoms with van der Waals surface area (Å²) in [6, 6.07) is 19.5. The highest BCUT2D eigenvalue weighted by Crippen LogP contribution is 2.47. The predicted molar refractivity (Wildman–Crippen MR) is 76.2 cm³/mol. The number of allylic oxidation sites excluding steroid dienone is 3. The van der Waals surface area contributed by atoms with Crippen LogP contribution < -0.4 is 0 Å². The Balaban J connectivity index is 1.77. The van der Waals surface area contributed by atoms with E-state index in [0.717, 1.165) is 6.42 Å². The third kappa shape index (κ3) is 1.39. The van der Waals surface area contributed by atoms with E-state index in [4.69, 9.17) is 0 Å². The first-order chi connectivity index (χ1) is 8.92. The number of rotatable bonds is 1. The van der Waals surface area contributed by atoms with Gasteiger partial charge in [0.05, 0.1) is 0 Å². The SMILES string of the molecule is C1=C2CC(c3ccccc3)C=C2c2ccccc21. The van der Waals surface area contributed by atoms with Gasteiger partial charge in [-0.25, -0.2) is 0 Å². The lowest BCUT2D eigenvalue weighted by molar-refractivity contribution is 0.881. The second-order valence-electron chi connectivity index (χ2n) is 5.06. The predicted octanol–water partition coefficient (Wildman–Crippen LogP) is 4.65. The maximum Gasteiger partial charge on any atom is 0.00679 e. The van der Waals surface area contributed by atoms with Gasteiger partial charge in [0.1, 0.15) is 0 Å². The van der Waals surface area contributed by atoms with E-state index in [-0.39, 0.29) is 0 Å². The lowest BCUT2D eigenvalue weighted by Crippen LogP contribution is -1.90. The monoisotopic (exact) mass is 230 g/mol. The van der Waals surface area contributed by atoms with Gasteiger partial charge in [-0.05, 0) is 34.3 Å². The van der Waals surface area contributed by atoms with Crippen molar-refractivity contribution in [1.29, 1.82) is 0 Å². The van der Waals surface area contributed by atoms with Crippen molar-refractivity contribution in [2.45, 2.75) is 12.3 Å². The molecule has 0 saturated carbocycles. The van der Waals surface area contributed by atoms with Gasteiger partial charge in [0.15, 0.2) is 0 Å². The Morgan fingerprint density at radius 3 is 2.50 bits per heavy atom. The van der Waals surface area contributed by atoms with E-state index < -0.39 is 0 Å². The lowest BCUT2D eigenvalue weighted by atomic mass is 9.97. The van der Waals surface area contributed by atoms with Crippen LogP contribution in [0.15, 0.2) is 66.2 Å². The van der Waals surface area contributed by atoms with Gasteiger partial charge < -0.3 is 0 Å². The minimum absolute atomic E-state index is 0.556. The Morgan fingerprint density at radius 2 is 1.61 bits per heavy atom. The van der Waals surface area contributed by atoms with Crippen molar-refractivity contribution in [3.8, 4) is 0 Å². The molecule has 18 heavy (non-hydrogen) atoms. The van der Waals surface area contributed by atoms with Crippen LogP contribution in [0.25, 0.3) is 11.6 Å². The molecule has 0 aromatic heterocycles. The van der Waals surface area contributed by atoms with E-state index >= 15 is 0 Å². The Hall–Kier alpha value is -2.08. The minimum atomic E-state index is 0.556. The molecule has 0 heteroatoms. The van der Waals surface area contributed by atoms with Crippen LogP contribution in [0.1, 0.15) is 29.0 Å². The van der Waals surface area contributed by atoms with E-state index in [1.807, 2.05) is 0 Å². The highest BCUT2D eigenvalue weighted by atomic mass is 14.3. The van der Waals surface area contributed by atoms with E-state index in [1.54, 1.807) is 0 Å². The molecule has 0 N–H and O–H groups in total. The summed E-state index contributed by atoms with van der Waals surface area (Å²) in [7, 11) is 0. The molecule has 2 aromatic rings. The normalized spacial score (nSPS) is 20.1. The summed E-state index contributed by atoms with van der Waals surface area (Å²) in [6.07, 6.45) is 5.94. The summed E-state index contributed by atoms with van der Waals surface area (Å²) in [4.78, 5) is 0. The molecule has 2 aromatic carbocycles. The molecular formula is C18H14. The topological polar surface area (TPSA) is 0 Å². The average Bonchev–Trinajstić information content (AvgIpc) is 2.97. The van der Waals surface area contributed by atoms with Crippen molar-refractivity contribution in [2.24, 2.45) is 0 Å². The zero-order valence-electron chi connectivity index (χ0n) is 10.1. The quantitative estimate of drug-likeness (QED) is 0.668. The molecule has 0 heterocycles. The van der Waals surface area contributed by atoms with E-state index in [2.05, 4.69) is 66.7 Å². The first kappa shape index (κ1) is 9.90. The number of hydrogen-bond acceptors (Lipinski definition) is 0. The van der Waals surface area contributed by atoms with Crippen LogP contribution in [-0.4, -0.2) is 0 Å². The summed E-state index contributed by atoms with van der Waals surface area (Å²) in [5, 5.41) is 0. The molecule has 0 fully saturated rings. The first-order valence-electron chi connectivity index (χ1n) is 6.49. The highest BCUT2D eigenvalue weighted by Gasteiger charge is 2.27. The lowest BCUT2D eigenvalue weighted by Gasteiger charge is -2.07. The third-order valence-electron chi connectivity index (χ3n) is 3.96.